The van der Waals surface area contributed by atoms with Crippen LogP contribution in [0.5, 0.6) is 0 Å². The van der Waals surface area contributed by atoms with Crippen molar-refractivity contribution >= 4 is 44.8 Å². The van der Waals surface area contributed by atoms with E-state index in [0.717, 1.165) is 10.6 Å². The highest BCUT2D eigenvalue weighted by molar-refractivity contribution is 7.88. The van der Waals surface area contributed by atoms with Crippen LogP contribution in [0.1, 0.15) is 11.1 Å². The highest BCUT2D eigenvalue weighted by atomic mass is 35.5. The molecule has 0 saturated heterocycles. The molecule has 0 saturated carbocycles. The van der Waals surface area contributed by atoms with Gasteiger partial charge < -0.3 is 5.32 Å². The normalized spacial score (nSPS) is 11.2. The molecule has 2 aromatic carbocycles. The zero-order valence-corrected chi connectivity index (χ0v) is 16.1. The SMILES string of the molecule is CS(=O)(=O)N(CC(=O)Nc1cccc(C#N)c1)Cc1ccc(Cl)c(Cl)c1. The van der Waals surface area contributed by atoms with E-state index < -0.39 is 15.9 Å². The van der Waals surface area contributed by atoms with Gasteiger partial charge in [0.05, 0.1) is 34.5 Å². The predicted molar refractivity (Wildman–Crippen MR) is 102 cm³/mol. The Hall–Kier alpha value is -2.11. The number of benzene rings is 2. The zero-order valence-electron chi connectivity index (χ0n) is 13.7. The van der Waals surface area contributed by atoms with Crippen LogP contribution in [0.2, 0.25) is 10.0 Å². The zero-order chi connectivity index (χ0) is 19.3. The van der Waals surface area contributed by atoms with Crippen molar-refractivity contribution in [3.63, 3.8) is 0 Å². The highest BCUT2D eigenvalue weighted by Crippen LogP contribution is 2.23. The molecule has 2 rings (SSSR count). The number of nitriles is 1. The van der Waals surface area contributed by atoms with Crippen molar-refractivity contribution in [2.45, 2.75) is 6.54 Å². The van der Waals surface area contributed by atoms with Crippen LogP contribution in [0, 0.1) is 11.3 Å². The smallest absolute Gasteiger partial charge is 0.239 e. The molecule has 0 aliphatic rings. The van der Waals surface area contributed by atoms with Gasteiger partial charge in [0.2, 0.25) is 15.9 Å². The van der Waals surface area contributed by atoms with Gasteiger partial charge in [-0.05, 0) is 35.9 Å². The first-order chi connectivity index (χ1) is 12.2. The lowest BCUT2D eigenvalue weighted by Gasteiger charge is -2.20. The van der Waals surface area contributed by atoms with E-state index in [1.807, 2.05) is 6.07 Å². The lowest BCUT2D eigenvalue weighted by molar-refractivity contribution is -0.116. The molecule has 6 nitrogen and oxygen atoms in total. The first-order valence-corrected chi connectivity index (χ1v) is 9.98. The van der Waals surface area contributed by atoms with Crippen molar-refractivity contribution in [3.8, 4) is 6.07 Å². The average Bonchev–Trinajstić information content (AvgIpc) is 2.57. The molecule has 136 valence electrons. The number of sulfonamides is 1. The van der Waals surface area contributed by atoms with Crippen LogP contribution in [0.15, 0.2) is 42.5 Å². The van der Waals surface area contributed by atoms with Crippen molar-refractivity contribution in [1.29, 1.82) is 5.26 Å². The lowest BCUT2D eigenvalue weighted by atomic mass is 10.2. The van der Waals surface area contributed by atoms with E-state index in [2.05, 4.69) is 5.32 Å². The summed E-state index contributed by atoms with van der Waals surface area (Å²) in [6, 6.07) is 13.1. The van der Waals surface area contributed by atoms with Gasteiger partial charge >= 0.3 is 0 Å². The molecule has 1 amide bonds. The van der Waals surface area contributed by atoms with Crippen LogP contribution in [0.3, 0.4) is 0 Å². The summed E-state index contributed by atoms with van der Waals surface area (Å²) in [5, 5.41) is 12.1. The fourth-order valence-electron chi connectivity index (χ4n) is 2.16. The Labute approximate surface area is 162 Å². The third-order valence-corrected chi connectivity index (χ3v) is 5.34. The first-order valence-electron chi connectivity index (χ1n) is 7.38. The van der Waals surface area contributed by atoms with Crippen LogP contribution >= 0.6 is 23.2 Å². The number of carbonyl (C=O) groups is 1. The quantitative estimate of drug-likeness (QED) is 0.789. The van der Waals surface area contributed by atoms with Crippen LogP contribution in [-0.2, 0) is 21.4 Å². The fraction of sp³-hybridized carbons (Fsp3) is 0.176. The molecular weight excluding hydrogens is 397 g/mol. The van der Waals surface area contributed by atoms with Crippen LogP contribution < -0.4 is 5.32 Å². The third-order valence-electron chi connectivity index (χ3n) is 3.41. The van der Waals surface area contributed by atoms with Gasteiger partial charge in [0, 0.05) is 12.2 Å². The minimum atomic E-state index is -3.64. The van der Waals surface area contributed by atoms with Crippen molar-refractivity contribution in [3.05, 3.63) is 63.6 Å². The number of nitrogens with zero attached hydrogens (tertiary/aromatic N) is 2. The minimum absolute atomic E-state index is 0.0264. The van der Waals surface area contributed by atoms with E-state index in [-0.39, 0.29) is 13.1 Å². The maximum absolute atomic E-state index is 12.2. The molecule has 0 radical (unpaired) electrons. The van der Waals surface area contributed by atoms with Gasteiger partial charge in [0.25, 0.3) is 0 Å². The Morgan fingerprint density at radius 3 is 2.54 bits per heavy atom. The monoisotopic (exact) mass is 411 g/mol. The number of halogens is 2. The van der Waals surface area contributed by atoms with Crippen LogP contribution in [0.4, 0.5) is 5.69 Å². The summed E-state index contributed by atoms with van der Waals surface area (Å²) in [6.45, 7) is -0.406. The van der Waals surface area contributed by atoms with E-state index in [0.29, 0.717) is 26.9 Å². The molecule has 0 aromatic heterocycles. The Balaban J connectivity index is 2.13. The van der Waals surface area contributed by atoms with Crippen molar-refractivity contribution in [1.82, 2.24) is 4.31 Å². The molecule has 1 N–H and O–H groups in total. The summed E-state index contributed by atoms with van der Waals surface area (Å²) >= 11 is 11.8. The molecule has 2 aromatic rings. The maximum atomic E-state index is 12.2. The Bertz CT molecular complexity index is 971. The largest absolute Gasteiger partial charge is 0.325 e. The fourth-order valence-corrected chi connectivity index (χ4v) is 3.22. The van der Waals surface area contributed by atoms with Crippen LogP contribution in [0.25, 0.3) is 0 Å². The van der Waals surface area contributed by atoms with Gasteiger partial charge in [-0.1, -0.05) is 35.3 Å². The highest BCUT2D eigenvalue weighted by Gasteiger charge is 2.21. The van der Waals surface area contributed by atoms with E-state index in [1.54, 1.807) is 36.4 Å². The molecule has 0 aliphatic carbocycles. The molecule has 0 fully saturated rings. The summed E-state index contributed by atoms with van der Waals surface area (Å²) in [5.41, 5.74) is 1.40. The molecule has 9 heteroatoms. The summed E-state index contributed by atoms with van der Waals surface area (Å²) in [6.07, 6.45) is 1.02. The summed E-state index contributed by atoms with van der Waals surface area (Å²) in [4.78, 5) is 12.2. The molecule has 0 unspecified atom stereocenters. The minimum Gasteiger partial charge on any atom is -0.325 e. The number of rotatable bonds is 6. The summed E-state index contributed by atoms with van der Waals surface area (Å²) in [5.74, 6) is -0.523. The number of anilines is 1. The van der Waals surface area contributed by atoms with Gasteiger partial charge in [0.1, 0.15) is 0 Å². The van der Waals surface area contributed by atoms with E-state index in [4.69, 9.17) is 28.5 Å². The van der Waals surface area contributed by atoms with Crippen molar-refractivity contribution in [2.75, 3.05) is 18.1 Å². The molecule has 0 spiro atoms. The average molecular weight is 412 g/mol. The Morgan fingerprint density at radius 1 is 1.19 bits per heavy atom. The first kappa shape index (κ1) is 20.2. The van der Waals surface area contributed by atoms with Gasteiger partial charge in [-0.3, -0.25) is 4.79 Å². The molecular formula is C17H15Cl2N3O3S. The Kier molecular flexibility index (Phi) is 6.62. The lowest BCUT2D eigenvalue weighted by Crippen LogP contribution is -2.36. The van der Waals surface area contributed by atoms with Gasteiger partial charge in [0.15, 0.2) is 0 Å². The van der Waals surface area contributed by atoms with Gasteiger partial charge in [-0.15, -0.1) is 0 Å². The second-order valence-corrected chi connectivity index (χ2v) is 8.32. The third kappa shape index (κ3) is 5.71. The number of hydrogen-bond donors (Lipinski definition) is 1. The second-order valence-electron chi connectivity index (χ2n) is 5.52. The van der Waals surface area contributed by atoms with Crippen molar-refractivity contribution in [2.24, 2.45) is 0 Å². The van der Waals surface area contributed by atoms with E-state index >= 15 is 0 Å². The van der Waals surface area contributed by atoms with E-state index in [9.17, 15) is 13.2 Å². The van der Waals surface area contributed by atoms with Gasteiger partial charge in [-0.25, -0.2) is 8.42 Å². The number of nitrogens with one attached hydrogen (secondary N) is 1. The summed E-state index contributed by atoms with van der Waals surface area (Å²) < 4.78 is 25.1. The predicted octanol–water partition coefficient (Wildman–Crippen LogP) is 3.27. The second kappa shape index (κ2) is 8.52. The molecule has 0 heterocycles. The number of carbonyl (C=O) groups excluding carboxylic acids is 1. The maximum Gasteiger partial charge on any atom is 0.239 e. The standard InChI is InChI=1S/C17H15Cl2N3O3S/c1-26(24,25)22(10-13-5-6-15(18)16(19)8-13)11-17(23)21-14-4-2-3-12(7-14)9-20/h2-8H,10-11H2,1H3,(H,21,23). The van der Waals surface area contributed by atoms with Crippen molar-refractivity contribution < 1.29 is 13.2 Å². The molecule has 26 heavy (non-hydrogen) atoms. The molecule has 0 atom stereocenters. The van der Waals surface area contributed by atoms with E-state index in [1.165, 1.54) is 6.07 Å². The summed E-state index contributed by atoms with van der Waals surface area (Å²) in [7, 11) is -3.64. The van der Waals surface area contributed by atoms with Crippen LogP contribution in [-0.4, -0.2) is 31.4 Å². The molecule has 0 aliphatic heterocycles. The molecule has 0 bridgehead atoms. The number of hydrogen-bond acceptors (Lipinski definition) is 4. The topological polar surface area (TPSA) is 90.3 Å². The Morgan fingerprint density at radius 2 is 1.92 bits per heavy atom. The van der Waals surface area contributed by atoms with Gasteiger partial charge in [-0.2, -0.15) is 9.57 Å². The number of amides is 1.